The summed E-state index contributed by atoms with van der Waals surface area (Å²) in [5, 5.41) is 13.0. The third-order valence-electron chi connectivity index (χ3n) is 3.70. The van der Waals surface area contributed by atoms with Crippen LogP contribution in [0, 0.1) is 10.1 Å². The minimum Gasteiger partial charge on any atom is -0.753 e. The van der Waals surface area contributed by atoms with Gasteiger partial charge in [0.2, 0.25) is 0 Å². The van der Waals surface area contributed by atoms with E-state index < -0.39 is 5.66 Å². The average molecular weight is 280 g/mol. The van der Waals surface area contributed by atoms with E-state index in [2.05, 4.69) is 0 Å². The number of nitrogens with zero attached hydrogens (tertiary/aromatic N) is 2. The van der Waals surface area contributed by atoms with E-state index in [4.69, 9.17) is 0 Å². The second kappa shape index (κ2) is 4.82. The molecule has 0 spiro atoms. The van der Waals surface area contributed by atoms with E-state index in [1.165, 1.54) is 0 Å². The highest BCUT2D eigenvalue weighted by Gasteiger charge is 2.47. The van der Waals surface area contributed by atoms with E-state index in [9.17, 15) is 10.1 Å². The Kier molecular flexibility index (Phi) is 3.11. The van der Waals surface area contributed by atoms with Crippen molar-refractivity contribution in [2.24, 2.45) is 0 Å². The molecule has 0 saturated carbocycles. The van der Waals surface area contributed by atoms with Crippen LogP contribution in [0.15, 0.2) is 48.5 Å². The van der Waals surface area contributed by atoms with Crippen LogP contribution in [-0.4, -0.2) is 10.4 Å². The first kappa shape index (κ1) is 13.5. The van der Waals surface area contributed by atoms with Crippen LogP contribution in [0.25, 0.3) is 12.2 Å². The molecule has 0 N–H and O–H groups in total. The van der Waals surface area contributed by atoms with Gasteiger partial charge in [-0.2, -0.15) is 0 Å². The zero-order valence-corrected chi connectivity index (χ0v) is 12.0. The Labute approximate surface area is 123 Å². The molecule has 0 aromatic heterocycles. The monoisotopic (exact) mass is 280 g/mol. The predicted octanol–water partition coefficient (Wildman–Crippen LogP) is 4.32. The van der Waals surface area contributed by atoms with Crippen LogP contribution in [-0.2, 0) is 0 Å². The number of fused-ring (bicyclic) bond motifs is 1. The second-order valence-electron chi connectivity index (χ2n) is 5.58. The SMILES string of the molecule is CC1(C)N([O-])c2cc(/C=C/c3ccccc3)ccc2[N+]1=O. The van der Waals surface area contributed by atoms with Gasteiger partial charge in [0.1, 0.15) is 5.69 Å². The maximum atomic E-state index is 12.2. The average Bonchev–Trinajstić information content (AvgIpc) is 2.67. The summed E-state index contributed by atoms with van der Waals surface area (Å²) in [6.07, 6.45) is 3.91. The Morgan fingerprint density at radius 2 is 1.71 bits per heavy atom. The highest BCUT2D eigenvalue weighted by Crippen LogP contribution is 2.43. The number of hydrogen-bond donors (Lipinski definition) is 0. The van der Waals surface area contributed by atoms with Crippen molar-refractivity contribution in [3.63, 3.8) is 0 Å². The van der Waals surface area contributed by atoms with E-state index in [0.717, 1.165) is 21.0 Å². The Bertz CT molecular complexity index is 721. The Morgan fingerprint density at radius 1 is 1.05 bits per heavy atom. The number of nitroso groups, excluding NO2 is 1. The highest BCUT2D eigenvalue weighted by molar-refractivity contribution is 5.76. The lowest BCUT2D eigenvalue weighted by Gasteiger charge is -2.30. The van der Waals surface area contributed by atoms with Crippen LogP contribution in [0.4, 0.5) is 11.4 Å². The van der Waals surface area contributed by atoms with E-state index in [1.54, 1.807) is 26.0 Å². The number of rotatable bonds is 2. The van der Waals surface area contributed by atoms with Crippen molar-refractivity contribution >= 4 is 23.5 Å². The van der Waals surface area contributed by atoms with Crippen LogP contribution < -0.4 is 5.06 Å². The summed E-state index contributed by atoms with van der Waals surface area (Å²) in [6, 6.07) is 15.2. The molecule has 0 amide bonds. The minimum absolute atomic E-state index is 0.421. The summed E-state index contributed by atoms with van der Waals surface area (Å²) in [5.74, 6) is 0. The fraction of sp³-hybridized carbons (Fsp3) is 0.176. The summed E-state index contributed by atoms with van der Waals surface area (Å²) < 4.78 is 0.764. The molecular weight excluding hydrogens is 264 g/mol. The van der Waals surface area contributed by atoms with Gasteiger partial charge in [-0.1, -0.05) is 42.5 Å². The number of hydroxylamine groups is 1. The van der Waals surface area contributed by atoms with Crippen molar-refractivity contribution in [3.05, 3.63) is 69.8 Å². The smallest absolute Gasteiger partial charge is 0.281 e. The third kappa shape index (κ3) is 2.23. The van der Waals surface area contributed by atoms with Gasteiger partial charge in [0.25, 0.3) is 11.4 Å². The first-order chi connectivity index (χ1) is 10.00. The zero-order valence-electron chi connectivity index (χ0n) is 12.0. The summed E-state index contributed by atoms with van der Waals surface area (Å²) in [7, 11) is 0. The first-order valence-electron chi connectivity index (χ1n) is 6.82. The summed E-state index contributed by atoms with van der Waals surface area (Å²) in [4.78, 5) is 12.1. The van der Waals surface area contributed by atoms with Crippen LogP contribution in [0.2, 0.25) is 0 Å². The minimum atomic E-state index is -1.09. The topological polar surface area (TPSA) is 46.4 Å². The third-order valence-corrected chi connectivity index (χ3v) is 3.70. The molecule has 1 aliphatic heterocycles. The quantitative estimate of drug-likeness (QED) is 0.608. The van der Waals surface area contributed by atoms with Gasteiger partial charge in [-0.3, -0.25) is 0 Å². The molecule has 1 heterocycles. The van der Waals surface area contributed by atoms with E-state index in [0.29, 0.717) is 11.4 Å². The lowest BCUT2D eigenvalue weighted by atomic mass is 10.1. The fourth-order valence-corrected chi connectivity index (χ4v) is 2.41. The van der Waals surface area contributed by atoms with Crippen molar-refractivity contribution in [2.45, 2.75) is 19.5 Å². The molecule has 0 unspecified atom stereocenters. The maximum absolute atomic E-state index is 12.2. The zero-order chi connectivity index (χ0) is 15.0. The predicted molar refractivity (Wildman–Crippen MR) is 85.0 cm³/mol. The van der Waals surface area contributed by atoms with Gasteiger partial charge >= 0.3 is 0 Å². The molecule has 0 fully saturated rings. The number of hydrogen-bond acceptors (Lipinski definition) is 3. The molecule has 2 aromatic rings. The second-order valence-corrected chi connectivity index (χ2v) is 5.58. The van der Waals surface area contributed by atoms with Gasteiger partial charge in [0.15, 0.2) is 0 Å². The van der Waals surface area contributed by atoms with Crippen LogP contribution in [0.3, 0.4) is 0 Å². The molecule has 0 atom stereocenters. The van der Waals surface area contributed by atoms with Gasteiger partial charge in [0, 0.05) is 24.8 Å². The van der Waals surface area contributed by atoms with Gasteiger partial charge in [-0.05, 0) is 23.3 Å². The molecule has 106 valence electrons. The van der Waals surface area contributed by atoms with Gasteiger partial charge in [-0.15, -0.1) is 0 Å². The van der Waals surface area contributed by atoms with Crippen molar-refractivity contribution in [2.75, 3.05) is 5.06 Å². The van der Waals surface area contributed by atoms with Crippen molar-refractivity contribution < 1.29 is 4.76 Å². The maximum Gasteiger partial charge on any atom is 0.281 e. The molecule has 21 heavy (non-hydrogen) atoms. The van der Waals surface area contributed by atoms with Crippen LogP contribution >= 0.6 is 0 Å². The molecule has 0 bridgehead atoms. The van der Waals surface area contributed by atoms with Crippen molar-refractivity contribution in [1.82, 2.24) is 0 Å². The number of anilines is 1. The lowest BCUT2D eigenvalue weighted by Crippen LogP contribution is -2.41. The van der Waals surface area contributed by atoms with Crippen LogP contribution in [0.1, 0.15) is 25.0 Å². The van der Waals surface area contributed by atoms with E-state index in [1.807, 2.05) is 48.6 Å². The summed E-state index contributed by atoms with van der Waals surface area (Å²) in [6.45, 7) is 3.24. The summed E-state index contributed by atoms with van der Waals surface area (Å²) >= 11 is 0. The largest absolute Gasteiger partial charge is 0.753 e. The van der Waals surface area contributed by atoms with Gasteiger partial charge in [-0.25, -0.2) is 0 Å². The van der Waals surface area contributed by atoms with Crippen molar-refractivity contribution in [3.8, 4) is 0 Å². The van der Waals surface area contributed by atoms with Crippen molar-refractivity contribution in [1.29, 1.82) is 0 Å². The standard InChI is InChI=1S/C17H16N2O2/c1-17(2)18(20)15-11-10-14(12-16(15)19(17)21)9-8-13-6-4-3-5-7-13/h3-12H,1-2H3/b9-8+. The first-order valence-corrected chi connectivity index (χ1v) is 6.82. The van der Waals surface area contributed by atoms with E-state index >= 15 is 0 Å². The summed E-state index contributed by atoms with van der Waals surface area (Å²) in [5.41, 5.74) is 1.73. The fourth-order valence-electron chi connectivity index (χ4n) is 2.41. The molecule has 0 aliphatic carbocycles. The van der Waals surface area contributed by atoms with Crippen LogP contribution in [0.5, 0.6) is 0 Å². The molecule has 3 rings (SSSR count). The Balaban J connectivity index is 1.94. The highest BCUT2D eigenvalue weighted by atomic mass is 16.5. The molecule has 2 aromatic carbocycles. The molecule has 4 heteroatoms. The lowest BCUT2D eigenvalue weighted by molar-refractivity contribution is -0.532. The Morgan fingerprint density at radius 3 is 2.43 bits per heavy atom. The van der Waals surface area contributed by atoms with Gasteiger partial charge in [0.05, 0.1) is 4.76 Å². The van der Waals surface area contributed by atoms with E-state index in [-0.39, 0.29) is 0 Å². The Hall–Kier alpha value is -2.46. The molecule has 1 aliphatic rings. The molecule has 0 radical (unpaired) electrons. The molecule has 0 saturated heterocycles. The normalized spacial score (nSPS) is 16.5. The molecular formula is C17H16N2O2. The number of benzene rings is 2. The molecule has 4 nitrogen and oxygen atoms in total. The van der Waals surface area contributed by atoms with Gasteiger partial charge < -0.3 is 10.3 Å².